The minimum absolute atomic E-state index is 0.0208. The molecule has 0 spiro atoms. The van der Waals surface area contributed by atoms with Crippen molar-refractivity contribution in [1.29, 1.82) is 0 Å². The highest BCUT2D eigenvalue weighted by molar-refractivity contribution is 5.98. The molecular weight excluding hydrogens is 412 g/mol. The summed E-state index contributed by atoms with van der Waals surface area (Å²) in [6.45, 7) is 7.91. The van der Waals surface area contributed by atoms with Gasteiger partial charge in [-0.15, -0.1) is 0 Å². The van der Waals surface area contributed by atoms with Crippen molar-refractivity contribution in [2.75, 3.05) is 13.2 Å². The van der Waals surface area contributed by atoms with Crippen LogP contribution in [0.5, 0.6) is 11.5 Å². The molecule has 1 N–H and O–H groups in total. The number of aliphatic hydroxyl groups is 1. The third-order valence-electron chi connectivity index (χ3n) is 5.25. The third kappa shape index (κ3) is 6.33. The fraction of sp³-hybridized carbons (Fsp3) is 0.276. The second kappa shape index (κ2) is 11.0. The molecule has 33 heavy (non-hydrogen) atoms. The van der Waals surface area contributed by atoms with Gasteiger partial charge in [0.15, 0.2) is 0 Å². The van der Waals surface area contributed by atoms with E-state index in [2.05, 4.69) is 19.1 Å². The number of ether oxygens (including phenoxy) is 2. The number of benzene rings is 3. The smallest absolute Gasteiger partial charge is 0.316 e. The van der Waals surface area contributed by atoms with Gasteiger partial charge in [-0.3, -0.25) is 4.79 Å². The number of allylic oxidation sites excluding steroid dienone is 1. The van der Waals surface area contributed by atoms with Crippen LogP contribution in [0.2, 0.25) is 0 Å². The van der Waals surface area contributed by atoms with Gasteiger partial charge in [0.25, 0.3) is 0 Å². The number of carbonyl (C=O) groups excluding carboxylic acids is 1. The predicted molar refractivity (Wildman–Crippen MR) is 133 cm³/mol. The topological polar surface area (TPSA) is 55.8 Å². The number of carbonyl (C=O) groups is 1. The molecule has 0 saturated heterocycles. The summed E-state index contributed by atoms with van der Waals surface area (Å²) in [5.41, 5.74) is 5.04. The lowest BCUT2D eigenvalue weighted by Crippen LogP contribution is -2.25. The first-order valence-corrected chi connectivity index (χ1v) is 11.3. The van der Waals surface area contributed by atoms with Crippen LogP contribution in [-0.4, -0.2) is 24.3 Å². The zero-order valence-electron chi connectivity index (χ0n) is 19.8. The van der Waals surface area contributed by atoms with Crippen molar-refractivity contribution in [2.45, 2.75) is 34.1 Å². The first-order valence-electron chi connectivity index (χ1n) is 11.3. The van der Waals surface area contributed by atoms with Crippen LogP contribution in [0.3, 0.4) is 0 Å². The van der Waals surface area contributed by atoms with E-state index >= 15 is 0 Å². The third-order valence-corrected chi connectivity index (χ3v) is 5.25. The monoisotopic (exact) mass is 444 g/mol. The quantitative estimate of drug-likeness (QED) is 0.249. The number of esters is 1. The van der Waals surface area contributed by atoms with Crippen molar-refractivity contribution in [3.63, 3.8) is 0 Å². The summed E-state index contributed by atoms with van der Waals surface area (Å²) in [5.74, 6) is 0.987. The minimum Gasteiger partial charge on any atom is -0.491 e. The lowest BCUT2D eigenvalue weighted by molar-refractivity contribution is -0.142. The summed E-state index contributed by atoms with van der Waals surface area (Å²) < 4.78 is 11.1. The standard InChI is InChI=1S/C29H32O4/c1-5-26(21-9-7-6-8-10-21)27(22-11-15-24(16-12-22)32-20-19-30)23-13-17-25(18-14-23)33-28(31)29(2,3)4/h6-18,30H,5,19-20H2,1-4H3/b27-26+. The lowest BCUT2D eigenvalue weighted by atomic mass is 9.88. The summed E-state index contributed by atoms with van der Waals surface area (Å²) in [5, 5.41) is 9.01. The molecule has 0 radical (unpaired) electrons. The highest BCUT2D eigenvalue weighted by atomic mass is 16.5. The first kappa shape index (κ1) is 24.3. The maximum Gasteiger partial charge on any atom is 0.316 e. The Hall–Kier alpha value is -3.37. The van der Waals surface area contributed by atoms with Crippen LogP contribution in [-0.2, 0) is 4.79 Å². The van der Waals surface area contributed by atoms with Gasteiger partial charge < -0.3 is 14.6 Å². The van der Waals surface area contributed by atoms with Gasteiger partial charge in [-0.25, -0.2) is 0 Å². The Morgan fingerprint density at radius 2 is 1.33 bits per heavy atom. The molecule has 0 heterocycles. The molecule has 0 aliphatic carbocycles. The van der Waals surface area contributed by atoms with Gasteiger partial charge in [-0.05, 0) is 79.3 Å². The zero-order valence-corrected chi connectivity index (χ0v) is 19.8. The highest BCUT2D eigenvalue weighted by Gasteiger charge is 2.23. The molecule has 3 rings (SSSR count). The summed E-state index contributed by atoms with van der Waals surface area (Å²) in [4.78, 5) is 12.3. The number of aliphatic hydroxyl groups excluding tert-OH is 1. The predicted octanol–water partition coefficient (Wildman–Crippen LogP) is 6.38. The molecule has 0 aliphatic rings. The average molecular weight is 445 g/mol. The van der Waals surface area contributed by atoms with Crippen molar-refractivity contribution >= 4 is 17.1 Å². The van der Waals surface area contributed by atoms with Crippen LogP contribution < -0.4 is 9.47 Å². The molecule has 0 saturated carbocycles. The molecular formula is C29H32O4. The van der Waals surface area contributed by atoms with E-state index in [1.165, 1.54) is 11.1 Å². The van der Waals surface area contributed by atoms with Gasteiger partial charge in [0.2, 0.25) is 0 Å². The Morgan fingerprint density at radius 3 is 1.82 bits per heavy atom. The van der Waals surface area contributed by atoms with E-state index in [9.17, 15) is 4.79 Å². The van der Waals surface area contributed by atoms with Gasteiger partial charge in [0.1, 0.15) is 18.1 Å². The maximum absolute atomic E-state index is 12.3. The van der Waals surface area contributed by atoms with Gasteiger partial charge in [-0.1, -0.05) is 61.5 Å². The number of hydrogen-bond donors (Lipinski definition) is 1. The SMILES string of the molecule is CC/C(=C(/c1ccc(OCCO)cc1)c1ccc(OC(=O)C(C)(C)C)cc1)c1ccccc1. The number of hydrogen-bond acceptors (Lipinski definition) is 4. The summed E-state index contributed by atoms with van der Waals surface area (Å²) in [6, 6.07) is 25.9. The van der Waals surface area contributed by atoms with E-state index in [4.69, 9.17) is 14.6 Å². The van der Waals surface area contributed by atoms with E-state index in [0.717, 1.165) is 23.1 Å². The summed E-state index contributed by atoms with van der Waals surface area (Å²) in [6.07, 6.45) is 0.850. The molecule has 3 aromatic carbocycles. The molecule has 0 aromatic heterocycles. The van der Waals surface area contributed by atoms with Crippen LogP contribution in [0, 0.1) is 5.41 Å². The Morgan fingerprint density at radius 1 is 0.788 bits per heavy atom. The highest BCUT2D eigenvalue weighted by Crippen LogP contribution is 2.35. The van der Waals surface area contributed by atoms with E-state index in [1.54, 1.807) is 0 Å². The normalized spacial score (nSPS) is 12.2. The Balaban J connectivity index is 2.04. The average Bonchev–Trinajstić information content (AvgIpc) is 2.82. The largest absolute Gasteiger partial charge is 0.491 e. The van der Waals surface area contributed by atoms with Gasteiger partial charge >= 0.3 is 5.97 Å². The van der Waals surface area contributed by atoms with Gasteiger partial charge in [0.05, 0.1) is 12.0 Å². The second-order valence-corrected chi connectivity index (χ2v) is 8.83. The van der Waals surface area contributed by atoms with E-state index in [0.29, 0.717) is 11.5 Å². The molecule has 172 valence electrons. The van der Waals surface area contributed by atoms with Gasteiger partial charge in [-0.2, -0.15) is 0 Å². The summed E-state index contributed by atoms with van der Waals surface area (Å²) >= 11 is 0. The van der Waals surface area contributed by atoms with Crippen molar-refractivity contribution in [2.24, 2.45) is 5.41 Å². The first-order chi connectivity index (χ1) is 15.8. The molecule has 0 bridgehead atoms. The van der Waals surface area contributed by atoms with Crippen LogP contribution in [0.1, 0.15) is 50.8 Å². The summed E-state index contributed by atoms with van der Waals surface area (Å²) in [7, 11) is 0. The van der Waals surface area contributed by atoms with Crippen molar-refractivity contribution < 1.29 is 19.4 Å². The van der Waals surface area contributed by atoms with E-state index in [1.807, 2.05) is 87.5 Å². The molecule has 4 heteroatoms. The Labute approximate surface area is 196 Å². The zero-order chi connectivity index (χ0) is 23.8. The second-order valence-electron chi connectivity index (χ2n) is 8.83. The minimum atomic E-state index is -0.563. The Kier molecular flexibility index (Phi) is 8.07. The fourth-order valence-corrected chi connectivity index (χ4v) is 3.51. The molecule has 0 unspecified atom stereocenters. The molecule has 0 aliphatic heterocycles. The van der Waals surface area contributed by atoms with Crippen LogP contribution in [0.15, 0.2) is 78.9 Å². The lowest BCUT2D eigenvalue weighted by Gasteiger charge is -2.18. The molecule has 0 atom stereocenters. The van der Waals surface area contributed by atoms with Crippen LogP contribution in [0.4, 0.5) is 0 Å². The molecule has 0 fully saturated rings. The van der Waals surface area contributed by atoms with Crippen molar-refractivity contribution in [3.05, 3.63) is 95.6 Å². The fourth-order valence-electron chi connectivity index (χ4n) is 3.51. The molecule has 0 amide bonds. The van der Waals surface area contributed by atoms with Crippen molar-refractivity contribution in [3.8, 4) is 11.5 Å². The maximum atomic E-state index is 12.3. The van der Waals surface area contributed by atoms with Gasteiger partial charge in [0, 0.05) is 0 Å². The molecule has 4 nitrogen and oxygen atoms in total. The number of rotatable bonds is 8. The molecule has 3 aromatic rings. The van der Waals surface area contributed by atoms with E-state index < -0.39 is 5.41 Å². The Bertz CT molecular complexity index is 1070. The van der Waals surface area contributed by atoms with Crippen molar-refractivity contribution in [1.82, 2.24) is 0 Å². The van der Waals surface area contributed by atoms with Crippen LogP contribution >= 0.6 is 0 Å². The van der Waals surface area contributed by atoms with E-state index in [-0.39, 0.29) is 19.2 Å². The van der Waals surface area contributed by atoms with Crippen LogP contribution in [0.25, 0.3) is 11.1 Å².